The third-order valence-corrected chi connectivity index (χ3v) is 6.24. The molecule has 3 N–H and O–H groups in total. The van der Waals surface area contributed by atoms with E-state index in [0.717, 1.165) is 25.6 Å². The van der Waals surface area contributed by atoms with Gasteiger partial charge in [0.2, 0.25) is 0 Å². The molecule has 2 aromatic rings. The molecule has 2 aliphatic heterocycles. The van der Waals surface area contributed by atoms with E-state index in [0.29, 0.717) is 0 Å². The molecule has 0 spiro atoms. The second-order valence-corrected chi connectivity index (χ2v) is 8.99. The van der Waals surface area contributed by atoms with E-state index >= 15 is 0 Å². The molecule has 0 radical (unpaired) electrons. The van der Waals surface area contributed by atoms with Crippen LogP contribution in [0.1, 0.15) is 36.5 Å². The van der Waals surface area contributed by atoms with E-state index in [-0.39, 0.29) is 0 Å². The van der Waals surface area contributed by atoms with Crippen molar-refractivity contribution < 1.29 is 46.1 Å². The second kappa shape index (κ2) is 13.6. The molecule has 2 aliphatic rings. The lowest BCUT2D eigenvalue weighted by molar-refractivity contribution is -0.193. The Morgan fingerprint density at radius 1 is 0.921 bits per heavy atom. The highest BCUT2D eigenvalue weighted by atomic mass is 19.4. The van der Waals surface area contributed by atoms with Crippen molar-refractivity contribution in [3.63, 3.8) is 0 Å². The van der Waals surface area contributed by atoms with Crippen molar-refractivity contribution in [2.45, 2.75) is 57.5 Å². The summed E-state index contributed by atoms with van der Waals surface area (Å²) in [7, 11) is 0. The van der Waals surface area contributed by atoms with Gasteiger partial charge in [0.05, 0.1) is 0 Å². The van der Waals surface area contributed by atoms with E-state index in [9.17, 15) is 26.3 Å². The zero-order valence-electron chi connectivity index (χ0n) is 20.7. The number of nitrogens with one attached hydrogen (secondary N) is 1. The highest BCUT2D eigenvalue weighted by Crippen LogP contribution is 2.25. The lowest BCUT2D eigenvalue weighted by atomic mass is 9.95. The predicted molar refractivity (Wildman–Crippen MR) is 129 cm³/mol. The smallest absolute Gasteiger partial charge is 0.475 e. The molecule has 0 bridgehead atoms. The Hall–Kier alpha value is -3.12. The van der Waals surface area contributed by atoms with Crippen LogP contribution in [0.2, 0.25) is 0 Å². The van der Waals surface area contributed by atoms with Gasteiger partial charge in [-0.3, -0.25) is 0 Å². The number of fused-ring (bicyclic) bond motifs is 1. The zero-order valence-corrected chi connectivity index (χ0v) is 20.7. The average Bonchev–Trinajstić information content (AvgIpc) is 3.27. The van der Waals surface area contributed by atoms with Crippen molar-refractivity contribution in [1.82, 2.24) is 10.2 Å². The Labute approximate surface area is 216 Å². The highest BCUT2D eigenvalue weighted by molar-refractivity contribution is 5.73. The van der Waals surface area contributed by atoms with Crippen molar-refractivity contribution in [3.8, 4) is 11.1 Å². The van der Waals surface area contributed by atoms with Gasteiger partial charge in [0.25, 0.3) is 0 Å². The first-order chi connectivity index (χ1) is 17.7. The maximum absolute atomic E-state index is 10.6. The third kappa shape index (κ3) is 9.97. The zero-order chi connectivity index (χ0) is 28.5. The summed E-state index contributed by atoms with van der Waals surface area (Å²) in [6.07, 6.45) is -5.11. The van der Waals surface area contributed by atoms with Gasteiger partial charge < -0.3 is 20.4 Å². The Balaban J connectivity index is 0.000000301. The summed E-state index contributed by atoms with van der Waals surface area (Å²) in [6.45, 7) is 6.96. The fourth-order valence-corrected chi connectivity index (χ4v) is 4.12. The Bertz CT molecular complexity index is 1050. The molecule has 0 amide bonds. The average molecular weight is 549 g/mol. The highest BCUT2D eigenvalue weighted by Gasteiger charge is 2.38. The van der Waals surface area contributed by atoms with Crippen LogP contribution in [0, 0.1) is 0 Å². The van der Waals surface area contributed by atoms with Gasteiger partial charge in [-0.05, 0) is 73.5 Å². The number of carbonyl (C=O) groups is 2. The number of aliphatic carboxylic acids is 2. The number of nitrogens with zero attached hydrogens (tertiary/aromatic N) is 1. The van der Waals surface area contributed by atoms with Gasteiger partial charge in [0.1, 0.15) is 0 Å². The van der Waals surface area contributed by atoms with Gasteiger partial charge in [-0.15, -0.1) is 0 Å². The summed E-state index contributed by atoms with van der Waals surface area (Å²) >= 11 is 0. The van der Waals surface area contributed by atoms with Gasteiger partial charge in [-0.2, -0.15) is 26.3 Å². The van der Waals surface area contributed by atoms with E-state index in [2.05, 4.69) is 59.6 Å². The van der Waals surface area contributed by atoms with Crippen molar-refractivity contribution in [2.75, 3.05) is 19.6 Å². The van der Waals surface area contributed by atoms with E-state index in [1.807, 2.05) is 0 Å². The molecule has 2 aromatic carbocycles. The number of halogens is 6. The number of alkyl halides is 6. The van der Waals surface area contributed by atoms with Crippen molar-refractivity contribution in [3.05, 3.63) is 59.2 Å². The summed E-state index contributed by atoms with van der Waals surface area (Å²) in [5, 5.41) is 17.7. The third-order valence-electron chi connectivity index (χ3n) is 6.24. The van der Waals surface area contributed by atoms with Gasteiger partial charge in [0, 0.05) is 19.1 Å². The molecule has 0 unspecified atom stereocenters. The van der Waals surface area contributed by atoms with Crippen LogP contribution in [-0.2, 0) is 29.0 Å². The van der Waals surface area contributed by atoms with Gasteiger partial charge in [0.15, 0.2) is 0 Å². The van der Waals surface area contributed by atoms with E-state index in [4.69, 9.17) is 19.8 Å². The van der Waals surface area contributed by atoms with Crippen LogP contribution < -0.4 is 5.32 Å². The molecule has 0 aliphatic carbocycles. The molecule has 2 heterocycles. The standard InChI is InChI=1S/C22H28N2.2C2HF3O2/c1-17-3-2-13-24(17)14-11-18-4-6-19(7-5-18)20-8-9-22-16-23-12-10-21(22)15-20;2*3-2(4,5)1(6)7/h4-9,15,17,23H,2-3,10-14,16H2,1H3;2*(H,6,7)/t17-;;/m1../s1. The molecule has 1 saturated heterocycles. The van der Waals surface area contributed by atoms with E-state index in [1.54, 1.807) is 0 Å². The summed E-state index contributed by atoms with van der Waals surface area (Å²) in [5.41, 5.74) is 7.13. The largest absolute Gasteiger partial charge is 0.490 e. The molecule has 1 atom stereocenters. The number of carboxylic acids is 2. The lowest BCUT2D eigenvalue weighted by Crippen LogP contribution is -2.28. The number of hydrogen-bond acceptors (Lipinski definition) is 4. The van der Waals surface area contributed by atoms with Crippen LogP contribution in [-0.4, -0.2) is 65.1 Å². The quantitative estimate of drug-likeness (QED) is 0.450. The van der Waals surface area contributed by atoms with Crippen LogP contribution in [0.4, 0.5) is 26.3 Å². The molecule has 0 saturated carbocycles. The summed E-state index contributed by atoms with van der Waals surface area (Å²) in [5.74, 6) is -5.51. The first-order valence-electron chi connectivity index (χ1n) is 11.9. The molecule has 6 nitrogen and oxygen atoms in total. The topological polar surface area (TPSA) is 89.9 Å². The van der Waals surface area contributed by atoms with Crippen LogP contribution in [0.3, 0.4) is 0 Å². The number of likely N-dealkylation sites (tertiary alicyclic amines) is 1. The van der Waals surface area contributed by atoms with Crippen LogP contribution in [0.5, 0.6) is 0 Å². The molecule has 210 valence electrons. The number of hydrogen-bond donors (Lipinski definition) is 3. The van der Waals surface area contributed by atoms with E-state index in [1.165, 1.54) is 60.2 Å². The predicted octanol–water partition coefficient (Wildman–Crippen LogP) is 5.29. The maximum atomic E-state index is 10.6. The molecule has 0 aromatic heterocycles. The monoisotopic (exact) mass is 548 g/mol. The lowest BCUT2D eigenvalue weighted by Gasteiger charge is -2.20. The van der Waals surface area contributed by atoms with Gasteiger partial charge >= 0.3 is 24.3 Å². The molecule has 12 heteroatoms. The van der Waals surface area contributed by atoms with Gasteiger partial charge in [-0.25, -0.2) is 9.59 Å². The van der Waals surface area contributed by atoms with Crippen LogP contribution >= 0.6 is 0 Å². The SMILES string of the molecule is C[C@@H]1CCCN1CCc1ccc(-c2ccc3c(c2)CCNC3)cc1.O=C(O)C(F)(F)F.O=C(O)C(F)(F)F. The number of rotatable bonds is 4. The van der Waals surface area contributed by atoms with Crippen LogP contribution in [0.25, 0.3) is 11.1 Å². The minimum atomic E-state index is -5.08. The van der Waals surface area contributed by atoms with E-state index < -0.39 is 24.3 Å². The van der Waals surface area contributed by atoms with Crippen LogP contribution in [0.15, 0.2) is 42.5 Å². The fraction of sp³-hybridized carbons (Fsp3) is 0.462. The Morgan fingerprint density at radius 3 is 1.97 bits per heavy atom. The van der Waals surface area contributed by atoms with Crippen molar-refractivity contribution in [1.29, 1.82) is 0 Å². The molecular formula is C26H30F6N2O4. The number of carboxylic acid groups (broad SMARTS) is 2. The second-order valence-electron chi connectivity index (χ2n) is 8.99. The van der Waals surface area contributed by atoms with Gasteiger partial charge in [-0.1, -0.05) is 42.5 Å². The van der Waals surface area contributed by atoms with Crippen molar-refractivity contribution in [2.24, 2.45) is 0 Å². The van der Waals surface area contributed by atoms with Crippen molar-refractivity contribution >= 4 is 11.9 Å². The minimum absolute atomic E-state index is 0.772. The Morgan fingerprint density at radius 2 is 1.47 bits per heavy atom. The summed E-state index contributed by atoms with van der Waals surface area (Å²) in [6, 6.07) is 16.9. The first kappa shape index (κ1) is 31.1. The minimum Gasteiger partial charge on any atom is -0.475 e. The molecule has 4 rings (SSSR count). The fourth-order valence-electron chi connectivity index (χ4n) is 4.12. The summed E-state index contributed by atoms with van der Waals surface area (Å²) < 4.78 is 63.5. The normalized spacial score (nSPS) is 17.4. The Kier molecular flexibility index (Phi) is 11.1. The maximum Gasteiger partial charge on any atom is 0.490 e. The molecule has 1 fully saturated rings. The molecule has 38 heavy (non-hydrogen) atoms. The first-order valence-corrected chi connectivity index (χ1v) is 11.9. The molecular weight excluding hydrogens is 518 g/mol. The number of benzene rings is 2. The summed E-state index contributed by atoms with van der Waals surface area (Å²) in [4.78, 5) is 20.4.